The van der Waals surface area contributed by atoms with Crippen LogP contribution in [0.1, 0.15) is 78.7 Å². The van der Waals surface area contributed by atoms with Crippen molar-refractivity contribution in [2.24, 2.45) is 22.7 Å². The zero-order valence-corrected chi connectivity index (χ0v) is 32.7. The largest absolute Gasteiger partial charge is 0.460 e. The molecule has 5 rings (SSSR count). The molecule has 2 N–H and O–H groups in total. The number of para-hydroxylation sites is 1. The number of sulfone groups is 1. The van der Waals surface area contributed by atoms with Gasteiger partial charge in [-0.15, -0.1) is 0 Å². The summed E-state index contributed by atoms with van der Waals surface area (Å²) in [5, 5.41) is 5.16. The number of benzene rings is 1. The van der Waals surface area contributed by atoms with Gasteiger partial charge in [0.25, 0.3) is 0 Å². The van der Waals surface area contributed by atoms with E-state index in [0.29, 0.717) is 65.0 Å². The quantitative estimate of drug-likeness (QED) is 0.307. The molecule has 12 nitrogen and oxygen atoms in total. The second kappa shape index (κ2) is 14.6. The van der Waals surface area contributed by atoms with E-state index in [0.717, 1.165) is 18.4 Å². The number of anilines is 1. The van der Waals surface area contributed by atoms with E-state index in [4.69, 9.17) is 4.74 Å². The summed E-state index contributed by atoms with van der Waals surface area (Å²) in [5.74, 6) is -0.706. The number of carbonyl (C=O) groups is 2. The van der Waals surface area contributed by atoms with E-state index in [1.807, 2.05) is 37.9 Å². The zero-order chi connectivity index (χ0) is 36.7. The Kier molecular flexibility index (Phi) is 11.4. The van der Waals surface area contributed by atoms with Crippen molar-refractivity contribution >= 4 is 37.4 Å². The van der Waals surface area contributed by atoms with Crippen molar-refractivity contribution in [3.8, 4) is 0 Å². The molecule has 0 aromatic heterocycles. The van der Waals surface area contributed by atoms with E-state index < -0.39 is 36.9 Å². The summed E-state index contributed by atoms with van der Waals surface area (Å²) < 4.78 is 60.0. The van der Waals surface area contributed by atoms with E-state index in [2.05, 4.69) is 48.5 Å². The molecule has 1 aromatic carbocycles. The van der Waals surface area contributed by atoms with Crippen LogP contribution in [0.25, 0.3) is 0 Å². The molecule has 4 aliphatic rings. The summed E-state index contributed by atoms with van der Waals surface area (Å²) in [6.45, 7) is 15.0. The monoisotopic (exact) mass is 737 g/mol. The Balaban J connectivity index is 1.26. The van der Waals surface area contributed by atoms with Crippen LogP contribution in [0, 0.1) is 29.6 Å². The van der Waals surface area contributed by atoms with Gasteiger partial charge < -0.3 is 15.0 Å². The molecule has 50 heavy (non-hydrogen) atoms. The fourth-order valence-electron chi connectivity index (χ4n) is 8.87. The summed E-state index contributed by atoms with van der Waals surface area (Å²) in [6, 6.07) is 6.98. The fourth-order valence-corrected chi connectivity index (χ4v) is 11.8. The first-order valence-electron chi connectivity index (χ1n) is 18.2. The standard InChI is InChI=1S/C36H59N5O7S2/c1-26-10-8-9-11-30(26)39-19-21-41(22-20-39)50(46,47)25-36-16-12-28(35(36,5)6)24-31(36)37-32(42)29(15-23-49(7,44)45)38-40-17-13-27(14-18-40)33(43)48-34(2,3)4/h8-11,27-29,31,38H,12-25H2,1-7H3,(H,37,42)/t28?,29-,31?,36?/m0/s1. The van der Waals surface area contributed by atoms with Crippen molar-refractivity contribution in [1.82, 2.24) is 20.1 Å². The highest BCUT2D eigenvalue weighted by Crippen LogP contribution is 2.66. The van der Waals surface area contributed by atoms with Crippen LogP contribution in [0.4, 0.5) is 5.69 Å². The molecule has 1 amide bonds. The van der Waals surface area contributed by atoms with Gasteiger partial charge in [0.15, 0.2) is 0 Å². The van der Waals surface area contributed by atoms with Crippen molar-refractivity contribution in [3.63, 3.8) is 0 Å². The maximum atomic E-state index is 14.2. The average Bonchev–Trinajstić information content (AvgIpc) is 3.37. The number of hydrogen-bond donors (Lipinski definition) is 2. The number of aryl methyl sites for hydroxylation is 1. The first-order chi connectivity index (χ1) is 23.2. The number of nitrogens with zero attached hydrogens (tertiary/aromatic N) is 3. The predicted octanol–water partition coefficient (Wildman–Crippen LogP) is 3.12. The molecule has 14 heteroatoms. The van der Waals surface area contributed by atoms with Crippen LogP contribution < -0.4 is 15.6 Å². The number of rotatable bonds is 12. The Labute approximate surface area is 300 Å². The van der Waals surface area contributed by atoms with Crippen LogP contribution in [-0.4, -0.2) is 113 Å². The minimum atomic E-state index is -3.65. The first kappa shape index (κ1) is 39.0. The molecule has 4 fully saturated rings. The van der Waals surface area contributed by atoms with Gasteiger partial charge in [-0.2, -0.15) is 4.31 Å². The fraction of sp³-hybridized carbons (Fsp3) is 0.778. The smallest absolute Gasteiger partial charge is 0.309 e. The number of carbonyl (C=O) groups excluding carboxylic acids is 2. The van der Waals surface area contributed by atoms with Gasteiger partial charge in [0.1, 0.15) is 21.5 Å². The van der Waals surface area contributed by atoms with E-state index in [1.165, 1.54) is 5.56 Å². The van der Waals surface area contributed by atoms with Gasteiger partial charge in [0.05, 0.1) is 17.4 Å². The molecule has 4 atom stereocenters. The second-order valence-electron chi connectivity index (χ2n) is 16.7. The maximum absolute atomic E-state index is 14.2. The van der Waals surface area contributed by atoms with Gasteiger partial charge in [-0.05, 0) is 89.2 Å². The maximum Gasteiger partial charge on any atom is 0.309 e. The van der Waals surface area contributed by atoms with Crippen molar-refractivity contribution < 1.29 is 31.2 Å². The summed E-state index contributed by atoms with van der Waals surface area (Å²) in [5.41, 5.74) is 4.06. The van der Waals surface area contributed by atoms with Crippen LogP contribution >= 0.6 is 0 Å². The normalized spacial score (nSPS) is 27.3. The van der Waals surface area contributed by atoms with Gasteiger partial charge in [-0.1, -0.05) is 32.0 Å². The molecule has 0 radical (unpaired) electrons. The van der Waals surface area contributed by atoms with Crippen LogP contribution in [0.5, 0.6) is 0 Å². The van der Waals surface area contributed by atoms with Gasteiger partial charge in [-0.3, -0.25) is 9.59 Å². The highest BCUT2D eigenvalue weighted by Gasteiger charge is 2.66. The highest BCUT2D eigenvalue weighted by molar-refractivity contribution is 7.90. The van der Waals surface area contributed by atoms with E-state index in [-0.39, 0.29) is 53.1 Å². The lowest BCUT2D eigenvalue weighted by atomic mass is 9.69. The second-order valence-corrected chi connectivity index (χ2v) is 21.0. The Hall–Kier alpha value is -2.26. The molecule has 2 saturated carbocycles. The average molecular weight is 738 g/mol. The molecule has 282 valence electrons. The number of piperazine rings is 1. The van der Waals surface area contributed by atoms with Crippen molar-refractivity contribution in [2.75, 3.05) is 61.9 Å². The van der Waals surface area contributed by atoms with Crippen LogP contribution in [-0.2, 0) is 34.2 Å². The minimum Gasteiger partial charge on any atom is -0.460 e. The number of hydrazine groups is 1. The molecule has 2 heterocycles. The number of hydrogen-bond acceptors (Lipinski definition) is 10. The van der Waals surface area contributed by atoms with Gasteiger partial charge in [0.2, 0.25) is 15.9 Å². The number of amides is 1. The Morgan fingerprint density at radius 1 is 0.980 bits per heavy atom. The lowest BCUT2D eigenvalue weighted by Gasteiger charge is -2.45. The number of ether oxygens (including phenoxy) is 1. The summed E-state index contributed by atoms with van der Waals surface area (Å²) in [4.78, 5) is 29.0. The number of esters is 1. The summed E-state index contributed by atoms with van der Waals surface area (Å²) in [7, 11) is -6.99. The lowest BCUT2D eigenvalue weighted by molar-refractivity contribution is -0.162. The van der Waals surface area contributed by atoms with E-state index in [1.54, 1.807) is 4.31 Å². The highest BCUT2D eigenvalue weighted by atomic mass is 32.2. The Bertz CT molecular complexity index is 1610. The van der Waals surface area contributed by atoms with Crippen LogP contribution in [0.15, 0.2) is 24.3 Å². The molecule has 0 spiro atoms. The van der Waals surface area contributed by atoms with Crippen LogP contribution in [0.2, 0.25) is 0 Å². The molecule has 1 aromatic rings. The Morgan fingerprint density at radius 2 is 1.62 bits per heavy atom. The number of piperidine rings is 1. The van der Waals surface area contributed by atoms with Gasteiger partial charge >= 0.3 is 5.97 Å². The summed E-state index contributed by atoms with van der Waals surface area (Å²) >= 11 is 0. The molecule has 2 bridgehead atoms. The Morgan fingerprint density at radius 3 is 2.20 bits per heavy atom. The molecular weight excluding hydrogens is 679 g/mol. The third kappa shape index (κ3) is 8.67. The third-order valence-electron chi connectivity index (χ3n) is 11.9. The van der Waals surface area contributed by atoms with Crippen LogP contribution in [0.3, 0.4) is 0 Å². The van der Waals surface area contributed by atoms with Gasteiger partial charge in [0, 0.05) is 62.7 Å². The van der Waals surface area contributed by atoms with Crippen molar-refractivity contribution in [3.05, 3.63) is 29.8 Å². The SMILES string of the molecule is Cc1ccccc1N1CCN(S(=O)(=O)CC23CCC(CC2NC(=O)[C@H](CCS(C)(=O)=O)NN2CCC(C(=O)OC(C)(C)C)CC2)C3(C)C)CC1. The molecule has 2 aliphatic carbocycles. The first-order valence-corrected chi connectivity index (χ1v) is 21.9. The molecular formula is C36H59N5O7S2. The minimum absolute atomic E-state index is 0.0293. The summed E-state index contributed by atoms with van der Waals surface area (Å²) in [6.07, 6.45) is 4.66. The zero-order valence-electron chi connectivity index (χ0n) is 31.0. The number of nitrogens with one attached hydrogen (secondary N) is 2. The van der Waals surface area contributed by atoms with Crippen molar-refractivity contribution in [1.29, 1.82) is 0 Å². The third-order valence-corrected chi connectivity index (χ3v) is 15.0. The van der Waals surface area contributed by atoms with Gasteiger partial charge in [-0.25, -0.2) is 27.3 Å². The lowest BCUT2D eigenvalue weighted by Crippen LogP contribution is -2.60. The molecule has 2 aliphatic heterocycles. The molecule has 3 unspecified atom stereocenters. The van der Waals surface area contributed by atoms with E-state index >= 15 is 0 Å². The number of fused-ring (bicyclic) bond motifs is 2. The topological polar surface area (TPSA) is 145 Å². The predicted molar refractivity (Wildman–Crippen MR) is 196 cm³/mol. The van der Waals surface area contributed by atoms with Crippen molar-refractivity contribution in [2.45, 2.75) is 97.8 Å². The number of sulfonamides is 1. The van der Waals surface area contributed by atoms with E-state index in [9.17, 15) is 26.4 Å². The molecule has 2 saturated heterocycles.